The Morgan fingerprint density at radius 3 is 2.19 bits per heavy atom. The van der Waals surface area contributed by atoms with Gasteiger partial charge in [-0.15, -0.1) is 0 Å². The third kappa shape index (κ3) is 5.22. The van der Waals surface area contributed by atoms with Crippen LogP contribution >= 0.6 is 0 Å². The number of ketones is 1. The number of Topliss-reactive ketones (excluding diaryl/α,β-unsaturated/α-hetero) is 1. The Morgan fingerprint density at radius 1 is 0.969 bits per heavy atom. The molecule has 0 saturated carbocycles. The second kappa shape index (κ2) is 9.93. The summed E-state index contributed by atoms with van der Waals surface area (Å²) >= 11 is 0. The zero-order valence-corrected chi connectivity index (χ0v) is 17.6. The molecule has 1 amide bonds. The number of non-ortho nitro benzene ring substituents is 1. The van der Waals surface area contributed by atoms with Crippen molar-refractivity contribution < 1.29 is 18.9 Å². The van der Waals surface area contributed by atoms with Crippen LogP contribution in [0.25, 0.3) is 0 Å². The second-order valence-corrected chi connectivity index (χ2v) is 7.32. The smallest absolute Gasteiger partial charge is 0.269 e. The molecule has 3 aromatic carbocycles. The van der Waals surface area contributed by atoms with Gasteiger partial charge in [0.15, 0.2) is 5.78 Å². The van der Waals surface area contributed by atoms with Crippen molar-refractivity contribution in [1.82, 2.24) is 5.32 Å². The minimum Gasteiger partial charge on any atom is -0.324 e. The van der Waals surface area contributed by atoms with Crippen molar-refractivity contribution in [2.75, 3.05) is 11.9 Å². The molecule has 0 spiro atoms. The van der Waals surface area contributed by atoms with E-state index in [1.807, 2.05) is 32.0 Å². The number of halogens is 1. The van der Waals surface area contributed by atoms with E-state index in [4.69, 9.17) is 0 Å². The van der Waals surface area contributed by atoms with Crippen molar-refractivity contribution in [3.05, 3.63) is 105 Å². The molecule has 1 atom stereocenters. The summed E-state index contributed by atoms with van der Waals surface area (Å²) in [6.45, 7) is 3.42. The molecule has 0 saturated heterocycles. The number of amides is 1. The monoisotopic (exact) mass is 435 g/mol. The maximum atomic E-state index is 14.0. The fraction of sp³-hybridized carbons (Fsp3) is 0.167. The fourth-order valence-electron chi connectivity index (χ4n) is 3.33. The van der Waals surface area contributed by atoms with Crippen LogP contribution in [0.4, 0.5) is 15.8 Å². The lowest BCUT2D eigenvalue weighted by atomic mass is 10.0. The summed E-state index contributed by atoms with van der Waals surface area (Å²) in [5.41, 5.74) is 2.60. The van der Waals surface area contributed by atoms with Gasteiger partial charge in [0.1, 0.15) is 11.9 Å². The van der Waals surface area contributed by atoms with Gasteiger partial charge in [-0.1, -0.05) is 42.5 Å². The number of hydrogen-bond acceptors (Lipinski definition) is 5. The van der Waals surface area contributed by atoms with Crippen LogP contribution in [0.3, 0.4) is 0 Å². The van der Waals surface area contributed by atoms with E-state index in [1.54, 1.807) is 6.07 Å². The number of nitro benzene ring substituents is 1. The average molecular weight is 435 g/mol. The van der Waals surface area contributed by atoms with Crippen molar-refractivity contribution in [2.24, 2.45) is 0 Å². The highest BCUT2D eigenvalue weighted by Crippen LogP contribution is 2.23. The molecule has 0 aliphatic rings. The van der Waals surface area contributed by atoms with Crippen LogP contribution in [0.15, 0.2) is 66.7 Å². The number of aryl methyl sites for hydroxylation is 2. The number of para-hydroxylation sites is 1. The van der Waals surface area contributed by atoms with E-state index in [9.17, 15) is 24.1 Å². The molecular formula is C24H22FN3O4. The lowest BCUT2D eigenvalue weighted by molar-refractivity contribution is -0.384. The van der Waals surface area contributed by atoms with Crippen LogP contribution in [0.2, 0.25) is 0 Å². The van der Waals surface area contributed by atoms with Crippen molar-refractivity contribution in [3.63, 3.8) is 0 Å². The normalized spacial score (nSPS) is 11.6. The van der Waals surface area contributed by atoms with Gasteiger partial charge >= 0.3 is 0 Å². The molecule has 0 radical (unpaired) electrons. The summed E-state index contributed by atoms with van der Waals surface area (Å²) in [5, 5.41) is 16.7. The number of anilines is 1. The summed E-state index contributed by atoms with van der Waals surface area (Å²) in [6, 6.07) is 15.7. The maximum Gasteiger partial charge on any atom is 0.269 e. The number of carbonyl (C=O) groups excluding carboxylic acids is 2. The molecule has 0 aromatic heterocycles. The van der Waals surface area contributed by atoms with Crippen molar-refractivity contribution in [1.29, 1.82) is 0 Å². The van der Waals surface area contributed by atoms with Crippen LogP contribution in [-0.2, 0) is 4.79 Å². The minimum absolute atomic E-state index is 0.0856. The SMILES string of the molecule is Cc1cccc(C)c1NC(=O)C(NCC(=O)c1ccccc1F)c1ccc([N+](=O)[O-])cc1. The third-order valence-electron chi connectivity index (χ3n) is 5.07. The summed E-state index contributed by atoms with van der Waals surface area (Å²) in [5.74, 6) is -1.61. The Bertz CT molecular complexity index is 1140. The van der Waals surface area contributed by atoms with Crippen LogP contribution in [0, 0.1) is 29.8 Å². The molecular weight excluding hydrogens is 413 g/mol. The van der Waals surface area contributed by atoms with E-state index >= 15 is 0 Å². The first-order valence-corrected chi connectivity index (χ1v) is 9.90. The van der Waals surface area contributed by atoms with Gasteiger partial charge in [0.2, 0.25) is 5.91 Å². The summed E-state index contributed by atoms with van der Waals surface area (Å²) in [7, 11) is 0. The lowest BCUT2D eigenvalue weighted by Crippen LogP contribution is -2.36. The third-order valence-corrected chi connectivity index (χ3v) is 5.07. The van der Waals surface area contributed by atoms with Crippen LogP contribution in [0.5, 0.6) is 0 Å². The lowest BCUT2D eigenvalue weighted by Gasteiger charge is -2.20. The Balaban J connectivity index is 1.86. The van der Waals surface area contributed by atoms with Crippen LogP contribution in [-0.4, -0.2) is 23.2 Å². The highest BCUT2D eigenvalue weighted by molar-refractivity contribution is 6.00. The minimum atomic E-state index is -0.995. The van der Waals surface area contributed by atoms with E-state index in [0.29, 0.717) is 11.3 Å². The molecule has 2 N–H and O–H groups in total. The topological polar surface area (TPSA) is 101 Å². The molecule has 32 heavy (non-hydrogen) atoms. The Kier molecular flexibility index (Phi) is 7.07. The van der Waals surface area contributed by atoms with Crippen molar-refractivity contribution in [2.45, 2.75) is 19.9 Å². The van der Waals surface area contributed by atoms with Gasteiger partial charge in [-0.05, 0) is 42.7 Å². The molecule has 8 heteroatoms. The number of carbonyl (C=O) groups is 2. The molecule has 7 nitrogen and oxygen atoms in total. The Morgan fingerprint density at radius 2 is 1.59 bits per heavy atom. The number of nitro groups is 1. The van der Waals surface area contributed by atoms with Gasteiger partial charge in [0.25, 0.3) is 5.69 Å². The summed E-state index contributed by atoms with van der Waals surface area (Å²) in [6.07, 6.45) is 0. The molecule has 0 fully saturated rings. The predicted molar refractivity (Wildman–Crippen MR) is 119 cm³/mol. The van der Waals surface area contributed by atoms with Gasteiger partial charge < -0.3 is 5.32 Å². The van der Waals surface area contributed by atoms with Crippen molar-refractivity contribution >= 4 is 23.1 Å². The highest BCUT2D eigenvalue weighted by Gasteiger charge is 2.24. The first-order valence-electron chi connectivity index (χ1n) is 9.90. The summed E-state index contributed by atoms with van der Waals surface area (Å²) in [4.78, 5) is 36.1. The molecule has 3 rings (SSSR count). The molecule has 0 aliphatic carbocycles. The Labute approximate surface area is 184 Å². The average Bonchev–Trinajstić information content (AvgIpc) is 2.77. The maximum absolute atomic E-state index is 14.0. The van der Waals surface area contributed by atoms with Gasteiger partial charge in [-0.2, -0.15) is 0 Å². The van der Waals surface area contributed by atoms with E-state index in [2.05, 4.69) is 10.6 Å². The molecule has 0 aliphatic heterocycles. The van der Waals surface area contributed by atoms with E-state index in [1.165, 1.54) is 42.5 Å². The largest absolute Gasteiger partial charge is 0.324 e. The Hall–Kier alpha value is -3.91. The molecule has 0 heterocycles. The fourth-order valence-corrected chi connectivity index (χ4v) is 3.33. The van der Waals surface area contributed by atoms with Crippen LogP contribution < -0.4 is 10.6 Å². The van der Waals surface area contributed by atoms with Gasteiger partial charge in [0.05, 0.1) is 17.0 Å². The first-order chi connectivity index (χ1) is 15.3. The van der Waals surface area contributed by atoms with E-state index in [0.717, 1.165) is 11.1 Å². The predicted octanol–water partition coefficient (Wildman–Crippen LogP) is 4.50. The number of rotatable bonds is 8. The zero-order valence-electron chi connectivity index (χ0n) is 17.6. The number of hydrogen-bond donors (Lipinski definition) is 2. The van der Waals surface area contributed by atoms with Crippen molar-refractivity contribution in [3.8, 4) is 0 Å². The summed E-state index contributed by atoms with van der Waals surface area (Å²) < 4.78 is 14.0. The molecule has 1 unspecified atom stereocenters. The molecule has 3 aromatic rings. The van der Waals surface area contributed by atoms with E-state index in [-0.39, 0.29) is 17.8 Å². The molecule has 164 valence electrons. The second-order valence-electron chi connectivity index (χ2n) is 7.32. The van der Waals surface area contributed by atoms with Gasteiger partial charge in [0, 0.05) is 17.8 Å². The first kappa shape index (κ1) is 22.8. The molecule has 0 bridgehead atoms. The zero-order chi connectivity index (χ0) is 23.3. The van der Waals surface area contributed by atoms with Gasteiger partial charge in [-0.25, -0.2) is 4.39 Å². The number of benzene rings is 3. The number of nitrogens with one attached hydrogen (secondary N) is 2. The highest BCUT2D eigenvalue weighted by atomic mass is 19.1. The number of nitrogens with zero attached hydrogens (tertiary/aromatic N) is 1. The van der Waals surface area contributed by atoms with Crippen LogP contribution in [0.1, 0.15) is 33.1 Å². The quantitative estimate of drug-likeness (QED) is 0.308. The standard InChI is InChI=1S/C24H22FN3O4/c1-15-6-5-7-16(2)22(15)27-24(30)23(17-10-12-18(13-11-17)28(31)32)26-14-21(29)19-8-3-4-9-20(19)25/h3-13,23,26H,14H2,1-2H3,(H,27,30). The van der Waals surface area contributed by atoms with E-state index < -0.39 is 28.5 Å². The van der Waals surface area contributed by atoms with Gasteiger partial charge in [-0.3, -0.25) is 25.0 Å².